The molecule has 1 aromatic heterocycles. The fraction of sp³-hybridized carbons (Fsp3) is 0.450. The van der Waals surface area contributed by atoms with Crippen molar-refractivity contribution in [2.24, 2.45) is 12.0 Å². The van der Waals surface area contributed by atoms with Gasteiger partial charge in [-0.2, -0.15) is 0 Å². The second kappa shape index (κ2) is 9.75. The summed E-state index contributed by atoms with van der Waals surface area (Å²) in [5, 5.41) is 3.36. The maximum atomic E-state index is 5.65. The van der Waals surface area contributed by atoms with Crippen molar-refractivity contribution >= 4 is 5.96 Å². The average molecular weight is 358 g/mol. The first kappa shape index (κ1) is 19.7. The minimum atomic E-state index is 0.573. The Labute approximate surface area is 156 Å². The summed E-state index contributed by atoms with van der Waals surface area (Å²) in [5.74, 6) is 2.37. The highest BCUT2D eigenvalue weighted by Crippen LogP contribution is 2.28. The molecule has 0 fully saturated rings. The maximum absolute atomic E-state index is 5.65. The standard InChI is InChI=1S/C20H30N4O2/c1-6-21-20(24(4)15-17-9-8-12-23(17)3)22-14-16-10-11-18(25-5)19(13-16)26-7-2/h8-13H,6-7,14-15H2,1-5H3,(H,21,22). The molecule has 0 bridgehead atoms. The van der Waals surface area contributed by atoms with E-state index in [9.17, 15) is 0 Å². The van der Waals surface area contributed by atoms with E-state index in [2.05, 4.69) is 47.1 Å². The zero-order chi connectivity index (χ0) is 18.9. The van der Waals surface area contributed by atoms with Crippen LogP contribution in [0.15, 0.2) is 41.5 Å². The Bertz CT molecular complexity index is 724. The minimum Gasteiger partial charge on any atom is -0.493 e. The van der Waals surface area contributed by atoms with Crippen molar-refractivity contribution in [1.82, 2.24) is 14.8 Å². The SMILES string of the molecule is CCNC(=NCc1ccc(OC)c(OCC)c1)N(C)Cc1cccn1C. The molecule has 0 amide bonds. The number of nitrogens with one attached hydrogen (secondary N) is 1. The van der Waals surface area contributed by atoms with Crippen LogP contribution >= 0.6 is 0 Å². The molecule has 6 heteroatoms. The van der Waals surface area contributed by atoms with Crippen molar-refractivity contribution in [1.29, 1.82) is 0 Å². The Kier molecular flexibility index (Phi) is 7.38. The van der Waals surface area contributed by atoms with E-state index in [-0.39, 0.29) is 0 Å². The van der Waals surface area contributed by atoms with Gasteiger partial charge in [-0.15, -0.1) is 0 Å². The van der Waals surface area contributed by atoms with Gasteiger partial charge in [0.25, 0.3) is 0 Å². The topological polar surface area (TPSA) is 51.0 Å². The lowest BCUT2D eigenvalue weighted by molar-refractivity contribution is 0.310. The first-order chi connectivity index (χ1) is 12.6. The van der Waals surface area contributed by atoms with Crippen molar-refractivity contribution in [3.63, 3.8) is 0 Å². The summed E-state index contributed by atoms with van der Waals surface area (Å²) in [6, 6.07) is 10.1. The van der Waals surface area contributed by atoms with Gasteiger partial charge in [0.2, 0.25) is 0 Å². The van der Waals surface area contributed by atoms with E-state index in [0.29, 0.717) is 13.2 Å². The van der Waals surface area contributed by atoms with E-state index < -0.39 is 0 Å². The van der Waals surface area contributed by atoms with Crippen molar-refractivity contribution < 1.29 is 9.47 Å². The molecule has 0 radical (unpaired) electrons. The summed E-state index contributed by atoms with van der Waals surface area (Å²) in [6.45, 7) is 6.83. The van der Waals surface area contributed by atoms with E-state index >= 15 is 0 Å². The molecule has 1 N–H and O–H groups in total. The van der Waals surface area contributed by atoms with Crippen LogP contribution in [0.1, 0.15) is 25.1 Å². The third-order valence-electron chi connectivity index (χ3n) is 4.09. The third-order valence-corrected chi connectivity index (χ3v) is 4.09. The van der Waals surface area contributed by atoms with E-state index in [4.69, 9.17) is 14.5 Å². The van der Waals surface area contributed by atoms with Crippen LogP contribution in [0.25, 0.3) is 0 Å². The van der Waals surface area contributed by atoms with Crippen molar-refractivity contribution in [3.8, 4) is 11.5 Å². The quantitative estimate of drug-likeness (QED) is 0.582. The molecular formula is C20H30N4O2. The Balaban J connectivity index is 2.13. The molecule has 0 unspecified atom stereocenters. The third kappa shape index (κ3) is 5.18. The summed E-state index contributed by atoms with van der Waals surface area (Å²) in [5.41, 5.74) is 2.32. The number of hydrogen-bond acceptors (Lipinski definition) is 3. The van der Waals surface area contributed by atoms with Gasteiger partial charge in [0.05, 0.1) is 26.8 Å². The normalized spacial score (nSPS) is 11.3. The molecule has 26 heavy (non-hydrogen) atoms. The fourth-order valence-electron chi connectivity index (χ4n) is 2.70. The van der Waals surface area contributed by atoms with Crippen LogP contribution in [0.2, 0.25) is 0 Å². The number of nitrogens with zero attached hydrogens (tertiary/aromatic N) is 3. The molecule has 0 saturated carbocycles. The maximum Gasteiger partial charge on any atom is 0.194 e. The number of benzene rings is 1. The van der Waals surface area contributed by atoms with Gasteiger partial charge in [-0.3, -0.25) is 0 Å². The summed E-state index contributed by atoms with van der Waals surface area (Å²) in [4.78, 5) is 6.91. The molecule has 142 valence electrons. The lowest BCUT2D eigenvalue weighted by Gasteiger charge is -2.22. The van der Waals surface area contributed by atoms with Gasteiger partial charge >= 0.3 is 0 Å². The number of aryl methyl sites for hydroxylation is 1. The summed E-state index contributed by atoms with van der Waals surface area (Å²) in [6.07, 6.45) is 2.06. The van der Waals surface area contributed by atoms with Gasteiger partial charge in [-0.1, -0.05) is 6.07 Å². The summed E-state index contributed by atoms with van der Waals surface area (Å²) >= 11 is 0. The lowest BCUT2D eigenvalue weighted by Crippen LogP contribution is -2.38. The number of ether oxygens (including phenoxy) is 2. The van der Waals surface area contributed by atoms with Crippen LogP contribution < -0.4 is 14.8 Å². The van der Waals surface area contributed by atoms with Crippen LogP contribution in [0.4, 0.5) is 0 Å². The molecule has 0 aliphatic rings. The molecular weight excluding hydrogens is 328 g/mol. The second-order valence-electron chi connectivity index (χ2n) is 6.05. The average Bonchev–Trinajstić information content (AvgIpc) is 3.03. The van der Waals surface area contributed by atoms with Crippen LogP contribution in [-0.2, 0) is 20.1 Å². The van der Waals surface area contributed by atoms with Crippen LogP contribution in [0.5, 0.6) is 11.5 Å². The van der Waals surface area contributed by atoms with Gasteiger partial charge in [-0.05, 0) is 43.7 Å². The van der Waals surface area contributed by atoms with Crippen LogP contribution in [0.3, 0.4) is 0 Å². The predicted octanol–water partition coefficient (Wildman–Crippen LogP) is 3.03. The van der Waals surface area contributed by atoms with E-state index in [0.717, 1.165) is 36.1 Å². The number of aliphatic imine (C=N–C) groups is 1. The zero-order valence-corrected chi connectivity index (χ0v) is 16.5. The Hall–Kier alpha value is -2.63. The fourth-order valence-corrected chi connectivity index (χ4v) is 2.70. The highest BCUT2D eigenvalue weighted by Gasteiger charge is 2.09. The molecule has 2 rings (SSSR count). The Morgan fingerprint density at radius 3 is 2.65 bits per heavy atom. The summed E-state index contributed by atoms with van der Waals surface area (Å²) in [7, 11) is 5.76. The number of rotatable bonds is 8. The summed E-state index contributed by atoms with van der Waals surface area (Å²) < 4.78 is 13.1. The smallest absolute Gasteiger partial charge is 0.194 e. The molecule has 6 nitrogen and oxygen atoms in total. The minimum absolute atomic E-state index is 0.573. The first-order valence-corrected chi connectivity index (χ1v) is 8.98. The number of methoxy groups -OCH3 is 1. The van der Waals surface area contributed by atoms with E-state index in [1.54, 1.807) is 7.11 Å². The zero-order valence-electron chi connectivity index (χ0n) is 16.5. The van der Waals surface area contributed by atoms with Crippen molar-refractivity contribution in [2.45, 2.75) is 26.9 Å². The van der Waals surface area contributed by atoms with Gasteiger partial charge < -0.3 is 24.3 Å². The monoisotopic (exact) mass is 358 g/mol. The molecule has 0 atom stereocenters. The number of guanidine groups is 1. The highest BCUT2D eigenvalue weighted by molar-refractivity contribution is 5.79. The van der Waals surface area contributed by atoms with Crippen LogP contribution in [-0.4, -0.2) is 42.7 Å². The van der Waals surface area contributed by atoms with Crippen molar-refractivity contribution in [3.05, 3.63) is 47.8 Å². The van der Waals surface area contributed by atoms with E-state index in [1.807, 2.05) is 32.2 Å². The Morgan fingerprint density at radius 2 is 2.04 bits per heavy atom. The molecule has 0 spiro atoms. The van der Waals surface area contributed by atoms with Crippen molar-refractivity contribution in [2.75, 3.05) is 27.3 Å². The number of hydrogen-bond donors (Lipinski definition) is 1. The predicted molar refractivity (Wildman–Crippen MR) is 106 cm³/mol. The molecule has 0 saturated heterocycles. The lowest BCUT2D eigenvalue weighted by atomic mass is 10.2. The van der Waals surface area contributed by atoms with Gasteiger partial charge in [0, 0.05) is 32.5 Å². The van der Waals surface area contributed by atoms with E-state index in [1.165, 1.54) is 5.69 Å². The molecule has 1 heterocycles. The Morgan fingerprint density at radius 1 is 1.23 bits per heavy atom. The number of aromatic nitrogens is 1. The second-order valence-corrected chi connectivity index (χ2v) is 6.05. The molecule has 2 aromatic rings. The first-order valence-electron chi connectivity index (χ1n) is 8.98. The molecule has 0 aliphatic heterocycles. The highest BCUT2D eigenvalue weighted by atomic mass is 16.5. The molecule has 0 aliphatic carbocycles. The van der Waals surface area contributed by atoms with Gasteiger partial charge in [-0.25, -0.2) is 4.99 Å². The van der Waals surface area contributed by atoms with Gasteiger partial charge in [0.1, 0.15) is 0 Å². The van der Waals surface area contributed by atoms with Gasteiger partial charge in [0.15, 0.2) is 17.5 Å². The van der Waals surface area contributed by atoms with Crippen LogP contribution in [0, 0.1) is 0 Å². The largest absolute Gasteiger partial charge is 0.493 e. The molecule has 1 aromatic carbocycles.